The van der Waals surface area contributed by atoms with Crippen molar-refractivity contribution in [2.75, 3.05) is 5.32 Å². The molecule has 1 amide bonds. The van der Waals surface area contributed by atoms with Crippen molar-refractivity contribution in [3.63, 3.8) is 0 Å². The second-order valence-electron chi connectivity index (χ2n) is 5.41. The summed E-state index contributed by atoms with van der Waals surface area (Å²) in [7, 11) is 0. The van der Waals surface area contributed by atoms with Crippen LogP contribution >= 0.6 is 11.6 Å². The van der Waals surface area contributed by atoms with E-state index in [1.165, 1.54) is 6.20 Å². The molecular weight excluding hydrogens is 322 g/mol. The van der Waals surface area contributed by atoms with Gasteiger partial charge in [-0.1, -0.05) is 47.5 Å². The minimum absolute atomic E-state index is 0.00188. The lowest BCUT2D eigenvalue weighted by Crippen LogP contribution is -2.24. The number of hydrogen-bond acceptors (Lipinski definition) is 3. The maximum Gasteiger partial charge on any atom is 0.263 e. The van der Waals surface area contributed by atoms with E-state index in [0.29, 0.717) is 5.02 Å². The van der Waals surface area contributed by atoms with Crippen LogP contribution < -0.4 is 10.6 Å². The summed E-state index contributed by atoms with van der Waals surface area (Å²) in [5.41, 5.74) is 3.85. The summed E-state index contributed by atoms with van der Waals surface area (Å²) in [4.78, 5) is 12.1. The Morgan fingerprint density at radius 2 is 2.00 bits per heavy atom. The van der Waals surface area contributed by atoms with Gasteiger partial charge in [0.2, 0.25) is 0 Å². The van der Waals surface area contributed by atoms with Gasteiger partial charge in [-0.25, -0.2) is 0 Å². The van der Waals surface area contributed by atoms with Crippen LogP contribution in [0.25, 0.3) is 0 Å². The largest absolute Gasteiger partial charge is 0.360 e. The zero-order valence-corrected chi connectivity index (χ0v) is 14.3. The molecule has 0 bridgehead atoms. The fourth-order valence-corrected chi connectivity index (χ4v) is 2.39. The van der Waals surface area contributed by atoms with Crippen LogP contribution in [-0.2, 0) is 11.3 Å². The van der Waals surface area contributed by atoms with E-state index in [0.717, 1.165) is 22.4 Å². The first-order valence-electron chi connectivity index (χ1n) is 7.47. The number of carbonyl (C=O) groups excluding carboxylic acids is 1. The van der Waals surface area contributed by atoms with Crippen LogP contribution in [0, 0.1) is 25.2 Å². The second kappa shape index (κ2) is 8.19. The van der Waals surface area contributed by atoms with Crippen LogP contribution in [0.2, 0.25) is 5.02 Å². The molecule has 2 N–H and O–H groups in total. The van der Waals surface area contributed by atoms with Crippen molar-refractivity contribution >= 4 is 23.2 Å². The monoisotopic (exact) mass is 339 g/mol. The summed E-state index contributed by atoms with van der Waals surface area (Å²) in [6.07, 6.45) is 1.42. The van der Waals surface area contributed by atoms with Gasteiger partial charge < -0.3 is 10.6 Å². The van der Waals surface area contributed by atoms with Gasteiger partial charge in [0.15, 0.2) is 0 Å². The van der Waals surface area contributed by atoms with Crippen molar-refractivity contribution in [2.45, 2.75) is 20.4 Å². The molecule has 5 heteroatoms. The third-order valence-corrected chi connectivity index (χ3v) is 3.88. The molecule has 0 saturated carbocycles. The average molecular weight is 340 g/mol. The Morgan fingerprint density at radius 1 is 1.25 bits per heavy atom. The minimum Gasteiger partial charge on any atom is -0.360 e. The van der Waals surface area contributed by atoms with Crippen molar-refractivity contribution in [2.24, 2.45) is 0 Å². The Kier molecular flexibility index (Phi) is 6.00. The van der Waals surface area contributed by atoms with E-state index in [9.17, 15) is 10.1 Å². The SMILES string of the molecule is Cc1ccc(N/C=C(/C#N)C(=O)NCc2ccccc2Cl)c(C)c1. The lowest BCUT2D eigenvalue weighted by molar-refractivity contribution is -0.117. The summed E-state index contributed by atoms with van der Waals surface area (Å²) in [6, 6.07) is 15.1. The molecule has 0 aromatic heterocycles. The second-order valence-corrected chi connectivity index (χ2v) is 5.81. The van der Waals surface area contributed by atoms with E-state index in [4.69, 9.17) is 11.6 Å². The highest BCUT2D eigenvalue weighted by molar-refractivity contribution is 6.31. The van der Waals surface area contributed by atoms with Crippen molar-refractivity contribution in [1.29, 1.82) is 5.26 Å². The van der Waals surface area contributed by atoms with Crippen LogP contribution in [0.1, 0.15) is 16.7 Å². The Bertz CT molecular complexity index is 822. The number of benzene rings is 2. The fraction of sp³-hybridized carbons (Fsp3) is 0.158. The Hall–Kier alpha value is -2.77. The van der Waals surface area contributed by atoms with E-state index in [1.54, 1.807) is 6.07 Å². The first-order chi connectivity index (χ1) is 11.5. The number of nitrogens with one attached hydrogen (secondary N) is 2. The van der Waals surface area contributed by atoms with E-state index >= 15 is 0 Å². The molecule has 0 atom stereocenters. The summed E-state index contributed by atoms with van der Waals surface area (Å²) in [5, 5.41) is 15.5. The summed E-state index contributed by atoms with van der Waals surface area (Å²) < 4.78 is 0. The summed E-state index contributed by atoms with van der Waals surface area (Å²) >= 11 is 6.05. The van der Waals surface area contributed by atoms with Gasteiger partial charge in [-0.15, -0.1) is 0 Å². The van der Waals surface area contributed by atoms with Gasteiger partial charge in [0.25, 0.3) is 5.91 Å². The maximum absolute atomic E-state index is 12.1. The van der Waals surface area contributed by atoms with Gasteiger partial charge in [-0.05, 0) is 37.1 Å². The Balaban J connectivity index is 2.03. The molecule has 0 spiro atoms. The molecule has 122 valence electrons. The molecule has 0 unspecified atom stereocenters. The third-order valence-electron chi connectivity index (χ3n) is 3.52. The van der Waals surface area contributed by atoms with Crippen molar-refractivity contribution in [3.8, 4) is 6.07 Å². The van der Waals surface area contributed by atoms with E-state index in [-0.39, 0.29) is 12.1 Å². The van der Waals surface area contributed by atoms with E-state index in [1.807, 2.05) is 56.3 Å². The first-order valence-corrected chi connectivity index (χ1v) is 7.84. The van der Waals surface area contributed by atoms with Gasteiger partial charge in [0.1, 0.15) is 11.6 Å². The molecule has 0 aliphatic heterocycles. The number of halogens is 1. The summed E-state index contributed by atoms with van der Waals surface area (Å²) in [6.45, 7) is 4.24. The van der Waals surface area contributed by atoms with Gasteiger partial charge >= 0.3 is 0 Å². The van der Waals surface area contributed by atoms with Crippen molar-refractivity contribution in [3.05, 3.63) is 76.0 Å². The number of nitrogens with zero attached hydrogens (tertiary/aromatic N) is 1. The maximum atomic E-state index is 12.1. The molecule has 2 rings (SSSR count). The van der Waals surface area contributed by atoms with Crippen molar-refractivity contribution in [1.82, 2.24) is 5.32 Å². The number of rotatable bonds is 5. The minimum atomic E-state index is -0.449. The molecule has 0 heterocycles. The van der Waals surface area contributed by atoms with Gasteiger partial charge in [-0.3, -0.25) is 4.79 Å². The molecule has 0 radical (unpaired) electrons. The van der Waals surface area contributed by atoms with E-state index in [2.05, 4.69) is 10.6 Å². The zero-order valence-electron chi connectivity index (χ0n) is 13.6. The lowest BCUT2D eigenvalue weighted by atomic mass is 10.1. The molecule has 2 aromatic carbocycles. The topological polar surface area (TPSA) is 64.9 Å². The van der Waals surface area contributed by atoms with Crippen LogP contribution in [0.5, 0.6) is 0 Å². The van der Waals surface area contributed by atoms with Gasteiger partial charge in [0, 0.05) is 23.5 Å². The molecular formula is C19H18ClN3O. The number of amides is 1. The average Bonchev–Trinajstić information content (AvgIpc) is 2.56. The number of nitriles is 1. The van der Waals surface area contributed by atoms with Gasteiger partial charge in [-0.2, -0.15) is 5.26 Å². The Morgan fingerprint density at radius 3 is 2.67 bits per heavy atom. The van der Waals surface area contributed by atoms with Gasteiger partial charge in [0.05, 0.1) is 0 Å². The van der Waals surface area contributed by atoms with Crippen molar-refractivity contribution < 1.29 is 4.79 Å². The quantitative estimate of drug-likeness (QED) is 0.637. The molecule has 0 saturated heterocycles. The molecule has 0 aliphatic carbocycles. The number of aryl methyl sites for hydroxylation is 2. The molecule has 0 aliphatic rings. The van der Waals surface area contributed by atoms with Crippen LogP contribution in [0.3, 0.4) is 0 Å². The highest BCUT2D eigenvalue weighted by atomic mass is 35.5. The normalized spacial score (nSPS) is 10.8. The molecule has 24 heavy (non-hydrogen) atoms. The third kappa shape index (κ3) is 4.61. The highest BCUT2D eigenvalue weighted by Crippen LogP contribution is 2.17. The number of carbonyl (C=O) groups is 1. The lowest BCUT2D eigenvalue weighted by Gasteiger charge is -2.08. The Labute approximate surface area is 146 Å². The highest BCUT2D eigenvalue weighted by Gasteiger charge is 2.09. The zero-order chi connectivity index (χ0) is 17.5. The smallest absolute Gasteiger partial charge is 0.263 e. The molecule has 4 nitrogen and oxygen atoms in total. The molecule has 0 fully saturated rings. The first kappa shape index (κ1) is 17.6. The van der Waals surface area contributed by atoms with Crippen LogP contribution in [0.4, 0.5) is 5.69 Å². The predicted octanol–water partition coefficient (Wildman–Crippen LogP) is 4.09. The van der Waals surface area contributed by atoms with Crippen LogP contribution in [0.15, 0.2) is 54.2 Å². The molecule has 2 aromatic rings. The number of anilines is 1. The number of hydrogen-bond donors (Lipinski definition) is 2. The fourth-order valence-electron chi connectivity index (χ4n) is 2.19. The summed E-state index contributed by atoms with van der Waals surface area (Å²) in [5.74, 6) is -0.449. The predicted molar refractivity (Wildman–Crippen MR) is 96.5 cm³/mol. The van der Waals surface area contributed by atoms with Crippen LogP contribution in [-0.4, -0.2) is 5.91 Å². The standard InChI is InChI=1S/C19H18ClN3O/c1-13-7-8-18(14(2)9-13)22-12-16(10-21)19(24)23-11-15-5-3-4-6-17(15)20/h3-9,12,22H,11H2,1-2H3,(H,23,24)/b16-12-. The van der Waals surface area contributed by atoms with E-state index < -0.39 is 5.91 Å².